The van der Waals surface area contributed by atoms with Gasteiger partial charge >= 0.3 is 0 Å². The van der Waals surface area contributed by atoms with Gasteiger partial charge in [0.15, 0.2) is 0 Å². The van der Waals surface area contributed by atoms with E-state index in [0.29, 0.717) is 17.0 Å². The summed E-state index contributed by atoms with van der Waals surface area (Å²) in [5, 5.41) is 0.168. The molecule has 6 heteroatoms. The highest BCUT2D eigenvalue weighted by Gasteiger charge is 2.05. The standard InChI is InChI=1S/C11H9BrClN3O/c12-9-7-15-11(13)16-10(9)17-6-4-8-3-1-2-5-14-8/h1-3,5,7H,4,6H2. The Morgan fingerprint density at radius 3 is 2.94 bits per heavy atom. The molecule has 2 aromatic heterocycles. The Bertz CT molecular complexity index is 495. The minimum absolute atomic E-state index is 0.168. The zero-order chi connectivity index (χ0) is 12.1. The molecule has 0 aliphatic rings. The third-order valence-corrected chi connectivity index (χ3v) is 2.73. The molecule has 4 nitrogen and oxygen atoms in total. The molecule has 0 saturated carbocycles. The predicted octanol–water partition coefficient (Wildman–Crippen LogP) is 2.91. The summed E-state index contributed by atoms with van der Waals surface area (Å²) >= 11 is 8.97. The number of rotatable bonds is 4. The van der Waals surface area contributed by atoms with Gasteiger partial charge in [-0.2, -0.15) is 4.98 Å². The number of hydrogen-bond acceptors (Lipinski definition) is 4. The first kappa shape index (κ1) is 12.3. The minimum Gasteiger partial charge on any atom is -0.476 e. The quantitative estimate of drug-likeness (QED) is 0.814. The molecule has 0 saturated heterocycles. The smallest absolute Gasteiger partial charge is 0.232 e. The molecule has 2 aromatic rings. The van der Waals surface area contributed by atoms with Crippen molar-refractivity contribution in [2.45, 2.75) is 6.42 Å². The molecule has 2 heterocycles. The van der Waals surface area contributed by atoms with Gasteiger partial charge in [0.05, 0.1) is 11.1 Å². The van der Waals surface area contributed by atoms with Gasteiger partial charge in [-0.3, -0.25) is 4.98 Å². The summed E-state index contributed by atoms with van der Waals surface area (Å²) in [7, 11) is 0. The Morgan fingerprint density at radius 1 is 1.29 bits per heavy atom. The molecule has 17 heavy (non-hydrogen) atoms. The van der Waals surface area contributed by atoms with Gasteiger partial charge < -0.3 is 4.74 Å². The van der Waals surface area contributed by atoms with Crippen LogP contribution in [0.25, 0.3) is 0 Å². The zero-order valence-electron chi connectivity index (χ0n) is 8.81. The van der Waals surface area contributed by atoms with E-state index in [-0.39, 0.29) is 5.28 Å². The van der Waals surface area contributed by atoms with Gasteiger partial charge in [0, 0.05) is 24.5 Å². The minimum atomic E-state index is 0.168. The topological polar surface area (TPSA) is 47.9 Å². The molecule has 2 rings (SSSR count). The van der Waals surface area contributed by atoms with Crippen LogP contribution in [0.5, 0.6) is 5.88 Å². The lowest BCUT2D eigenvalue weighted by molar-refractivity contribution is 0.305. The van der Waals surface area contributed by atoms with Crippen LogP contribution in [0, 0.1) is 0 Å². The molecule has 0 amide bonds. The SMILES string of the molecule is Clc1ncc(Br)c(OCCc2ccccn2)n1. The number of ether oxygens (including phenoxy) is 1. The van der Waals surface area contributed by atoms with E-state index in [0.717, 1.165) is 12.1 Å². The van der Waals surface area contributed by atoms with Gasteiger partial charge in [0.25, 0.3) is 0 Å². The second-order valence-electron chi connectivity index (χ2n) is 3.21. The lowest BCUT2D eigenvalue weighted by Gasteiger charge is -2.06. The number of aromatic nitrogens is 3. The summed E-state index contributed by atoms with van der Waals surface area (Å²) in [5.41, 5.74) is 0.976. The molecule has 0 unspecified atom stereocenters. The van der Waals surface area contributed by atoms with Crippen LogP contribution < -0.4 is 4.74 Å². The Hall–Kier alpha value is -1.20. The van der Waals surface area contributed by atoms with Crippen molar-refractivity contribution in [3.8, 4) is 5.88 Å². The summed E-state index contributed by atoms with van der Waals surface area (Å²) in [4.78, 5) is 12.0. The molecular formula is C11H9BrClN3O. The van der Waals surface area contributed by atoms with Crippen molar-refractivity contribution in [1.29, 1.82) is 0 Å². The van der Waals surface area contributed by atoms with Crippen LogP contribution in [0.4, 0.5) is 0 Å². The molecule has 0 aliphatic carbocycles. The monoisotopic (exact) mass is 313 g/mol. The van der Waals surface area contributed by atoms with Crippen LogP contribution in [-0.4, -0.2) is 21.6 Å². The third kappa shape index (κ3) is 3.64. The number of nitrogens with zero attached hydrogens (tertiary/aromatic N) is 3. The number of pyridine rings is 1. The van der Waals surface area contributed by atoms with Crippen molar-refractivity contribution in [3.05, 3.63) is 46.0 Å². The van der Waals surface area contributed by atoms with Crippen molar-refractivity contribution in [2.24, 2.45) is 0 Å². The van der Waals surface area contributed by atoms with Gasteiger partial charge in [-0.15, -0.1) is 0 Å². The maximum Gasteiger partial charge on any atom is 0.232 e. The van der Waals surface area contributed by atoms with Crippen LogP contribution in [0.1, 0.15) is 5.69 Å². The van der Waals surface area contributed by atoms with Crippen LogP contribution in [0.2, 0.25) is 5.28 Å². The lowest BCUT2D eigenvalue weighted by atomic mass is 10.3. The van der Waals surface area contributed by atoms with E-state index in [1.54, 1.807) is 12.4 Å². The van der Waals surface area contributed by atoms with Crippen LogP contribution >= 0.6 is 27.5 Å². The van der Waals surface area contributed by atoms with E-state index in [9.17, 15) is 0 Å². The van der Waals surface area contributed by atoms with E-state index in [1.165, 1.54) is 0 Å². The molecule has 0 atom stereocenters. The number of hydrogen-bond donors (Lipinski definition) is 0. The van der Waals surface area contributed by atoms with E-state index < -0.39 is 0 Å². The molecule has 0 fully saturated rings. The fraction of sp³-hybridized carbons (Fsp3) is 0.182. The second-order valence-corrected chi connectivity index (χ2v) is 4.40. The molecule has 0 radical (unpaired) electrons. The predicted molar refractivity (Wildman–Crippen MR) is 68.2 cm³/mol. The average molecular weight is 315 g/mol. The van der Waals surface area contributed by atoms with E-state index >= 15 is 0 Å². The molecule has 88 valence electrons. The molecular weight excluding hydrogens is 305 g/mol. The molecule has 0 spiro atoms. The highest BCUT2D eigenvalue weighted by atomic mass is 79.9. The highest BCUT2D eigenvalue weighted by molar-refractivity contribution is 9.10. The lowest BCUT2D eigenvalue weighted by Crippen LogP contribution is -2.04. The fourth-order valence-electron chi connectivity index (χ4n) is 1.23. The van der Waals surface area contributed by atoms with Crippen molar-refractivity contribution < 1.29 is 4.74 Å². The Morgan fingerprint density at radius 2 is 2.18 bits per heavy atom. The fourth-order valence-corrected chi connectivity index (χ4v) is 1.66. The number of halogens is 2. The van der Waals surface area contributed by atoms with Gasteiger partial charge in [0.2, 0.25) is 11.2 Å². The first-order chi connectivity index (χ1) is 8.25. The third-order valence-electron chi connectivity index (χ3n) is 2.01. The summed E-state index contributed by atoms with van der Waals surface area (Å²) in [6, 6.07) is 5.77. The molecule has 0 bridgehead atoms. The Balaban J connectivity index is 1.92. The van der Waals surface area contributed by atoms with Gasteiger partial charge in [-0.1, -0.05) is 6.07 Å². The average Bonchev–Trinajstić information content (AvgIpc) is 2.35. The first-order valence-corrected chi connectivity index (χ1v) is 6.13. The van der Waals surface area contributed by atoms with E-state index in [1.807, 2.05) is 18.2 Å². The van der Waals surface area contributed by atoms with Crippen molar-refractivity contribution in [3.63, 3.8) is 0 Å². The largest absolute Gasteiger partial charge is 0.476 e. The summed E-state index contributed by atoms with van der Waals surface area (Å²) in [5.74, 6) is 0.445. The molecule has 0 aliphatic heterocycles. The van der Waals surface area contributed by atoms with E-state index in [2.05, 4.69) is 30.9 Å². The molecule has 0 aromatic carbocycles. The second kappa shape index (κ2) is 5.93. The van der Waals surface area contributed by atoms with Gasteiger partial charge in [-0.25, -0.2) is 4.98 Å². The van der Waals surface area contributed by atoms with Crippen LogP contribution in [0.15, 0.2) is 35.1 Å². The Labute approximate surface area is 112 Å². The van der Waals surface area contributed by atoms with Gasteiger partial charge in [0.1, 0.15) is 0 Å². The van der Waals surface area contributed by atoms with E-state index in [4.69, 9.17) is 16.3 Å². The summed E-state index contributed by atoms with van der Waals surface area (Å²) in [6.45, 7) is 0.489. The summed E-state index contributed by atoms with van der Waals surface area (Å²) < 4.78 is 6.18. The first-order valence-electron chi connectivity index (χ1n) is 4.96. The highest BCUT2D eigenvalue weighted by Crippen LogP contribution is 2.22. The summed E-state index contributed by atoms with van der Waals surface area (Å²) in [6.07, 6.45) is 4.03. The van der Waals surface area contributed by atoms with Crippen molar-refractivity contribution in [2.75, 3.05) is 6.61 Å². The van der Waals surface area contributed by atoms with Gasteiger partial charge in [-0.05, 0) is 39.7 Å². The van der Waals surface area contributed by atoms with Crippen LogP contribution in [-0.2, 0) is 6.42 Å². The maximum atomic E-state index is 5.68. The Kier molecular flexibility index (Phi) is 4.28. The van der Waals surface area contributed by atoms with Crippen molar-refractivity contribution in [1.82, 2.24) is 15.0 Å². The van der Waals surface area contributed by atoms with Crippen molar-refractivity contribution >= 4 is 27.5 Å². The van der Waals surface area contributed by atoms with Crippen LogP contribution in [0.3, 0.4) is 0 Å². The maximum absolute atomic E-state index is 5.68. The normalized spacial score (nSPS) is 10.2. The zero-order valence-corrected chi connectivity index (χ0v) is 11.1. The molecule has 0 N–H and O–H groups in total.